The van der Waals surface area contributed by atoms with Crippen molar-refractivity contribution in [3.8, 4) is 0 Å². The Labute approximate surface area is 98.9 Å². The van der Waals surface area contributed by atoms with Crippen LogP contribution < -0.4 is 0 Å². The van der Waals surface area contributed by atoms with Gasteiger partial charge in [-0.1, -0.05) is 25.6 Å². The summed E-state index contributed by atoms with van der Waals surface area (Å²) >= 11 is 0. The summed E-state index contributed by atoms with van der Waals surface area (Å²) in [4.78, 5) is 11.3. The van der Waals surface area contributed by atoms with Crippen molar-refractivity contribution in [2.24, 2.45) is 0 Å². The van der Waals surface area contributed by atoms with Gasteiger partial charge in [0.2, 0.25) is 0 Å². The van der Waals surface area contributed by atoms with E-state index in [0.29, 0.717) is 6.42 Å². The first-order valence-corrected chi connectivity index (χ1v) is 5.31. The molecule has 0 aliphatic rings. The van der Waals surface area contributed by atoms with Gasteiger partial charge in [-0.15, -0.1) is 0 Å². The lowest BCUT2D eigenvalue weighted by atomic mass is 10.0. The van der Waals surface area contributed by atoms with Crippen molar-refractivity contribution in [1.82, 2.24) is 0 Å². The van der Waals surface area contributed by atoms with Crippen LogP contribution in [0.3, 0.4) is 0 Å². The highest BCUT2D eigenvalue weighted by Gasteiger charge is 2.21. The molecule has 1 aromatic carbocycles. The van der Waals surface area contributed by atoms with Crippen LogP contribution in [0, 0.1) is 5.82 Å². The average Bonchev–Trinajstić information content (AvgIpc) is 2.34. The van der Waals surface area contributed by atoms with Gasteiger partial charge in [-0.25, -0.2) is 13.6 Å². The van der Waals surface area contributed by atoms with E-state index < -0.39 is 18.0 Å². The van der Waals surface area contributed by atoms with E-state index in [0.717, 1.165) is 6.07 Å². The number of carbonyl (C=O) groups excluding carboxylic acids is 1. The molecular weight excluding hydrogens is 226 g/mol. The van der Waals surface area contributed by atoms with Crippen LogP contribution in [0.5, 0.6) is 0 Å². The zero-order chi connectivity index (χ0) is 12.8. The number of esters is 1. The summed E-state index contributed by atoms with van der Waals surface area (Å²) in [5, 5.41) is 0. The number of ether oxygens (including phenoxy) is 1. The van der Waals surface area contributed by atoms with Crippen LogP contribution in [0.2, 0.25) is 0 Å². The van der Waals surface area contributed by atoms with Gasteiger partial charge in [-0.05, 0) is 24.1 Å². The minimum absolute atomic E-state index is 0.0587. The van der Waals surface area contributed by atoms with Crippen molar-refractivity contribution < 1.29 is 18.3 Å². The minimum Gasteiger partial charge on any atom is -0.462 e. The zero-order valence-electron chi connectivity index (χ0n) is 9.58. The summed E-state index contributed by atoms with van der Waals surface area (Å²) in [7, 11) is 0. The first kappa shape index (κ1) is 13.4. The molecule has 0 spiro atoms. The van der Waals surface area contributed by atoms with Crippen LogP contribution >= 0.6 is 0 Å². The SMILES string of the molecule is C=C(C(=O)OCCC)C(F)c1cccc(F)c1. The third-order valence-corrected chi connectivity index (χ3v) is 2.15. The highest BCUT2D eigenvalue weighted by Crippen LogP contribution is 2.25. The molecule has 92 valence electrons. The molecule has 17 heavy (non-hydrogen) atoms. The van der Waals surface area contributed by atoms with E-state index in [1.54, 1.807) is 0 Å². The maximum atomic E-state index is 13.8. The van der Waals surface area contributed by atoms with Gasteiger partial charge in [0.15, 0.2) is 6.17 Å². The van der Waals surface area contributed by atoms with Crippen molar-refractivity contribution in [3.63, 3.8) is 0 Å². The first-order valence-electron chi connectivity index (χ1n) is 5.31. The number of hydrogen-bond donors (Lipinski definition) is 0. The van der Waals surface area contributed by atoms with E-state index in [1.807, 2.05) is 6.92 Å². The molecule has 0 saturated carbocycles. The predicted molar refractivity (Wildman–Crippen MR) is 60.6 cm³/mol. The fraction of sp³-hybridized carbons (Fsp3) is 0.308. The van der Waals surface area contributed by atoms with Gasteiger partial charge < -0.3 is 4.74 Å². The number of hydrogen-bond acceptors (Lipinski definition) is 2. The quantitative estimate of drug-likeness (QED) is 0.582. The van der Waals surface area contributed by atoms with Gasteiger partial charge in [-0.2, -0.15) is 0 Å². The lowest BCUT2D eigenvalue weighted by molar-refractivity contribution is -0.139. The van der Waals surface area contributed by atoms with Crippen molar-refractivity contribution in [2.45, 2.75) is 19.5 Å². The summed E-state index contributed by atoms with van der Waals surface area (Å²) < 4.78 is 31.5. The summed E-state index contributed by atoms with van der Waals surface area (Å²) in [6.07, 6.45) is -1.09. The third kappa shape index (κ3) is 3.66. The molecule has 0 aliphatic heterocycles. The first-order chi connectivity index (χ1) is 8.06. The summed E-state index contributed by atoms with van der Waals surface area (Å²) in [5.41, 5.74) is -0.257. The van der Waals surface area contributed by atoms with Gasteiger partial charge in [0.05, 0.1) is 12.2 Å². The molecule has 4 heteroatoms. The Morgan fingerprint density at radius 2 is 2.24 bits per heavy atom. The zero-order valence-corrected chi connectivity index (χ0v) is 9.58. The number of alkyl halides is 1. The summed E-state index contributed by atoms with van der Waals surface area (Å²) in [6.45, 7) is 5.39. The number of halogens is 2. The van der Waals surface area contributed by atoms with Gasteiger partial charge in [-0.3, -0.25) is 0 Å². The van der Waals surface area contributed by atoms with E-state index in [2.05, 4.69) is 6.58 Å². The molecule has 0 amide bonds. The van der Waals surface area contributed by atoms with E-state index in [4.69, 9.17) is 4.74 Å². The number of rotatable bonds is 5. The Bertz CT molecular complexity index is 416. The molecule has 0 fully saturated rings. The second-order valence-corrected chi connectivity index (χ2v) is 3.58. The molecule has 0 N–H and O–H groups in total. The maximum absolute atomic E-state index is 13.8. The lowest BCUT2D eigenvalue weighted by Gasteiger charge is -2.11. The monoisotopic (exact) mass is 240 g/mol. The van der Waals surface area contributed by atoms with Gasteiger partial charge in [0, 0.05) is 0 Å². The van der Waals surface area contributed by atoms with Crippen LogP contribution in [0.4, 0.5) is 8.78 Å². The Morgan fingerprint density at radius 1 is 1.53 bits per heavy atom. The van der Waals surface area contributed by atoms with E-state index in [-0.39, 0.29) is 17.7 Å². The smallest absolute Gasteiger partial charge is 0.336 e. The van der Waals surface area contributed by atoms with Crippen molar-refractivity contribution in [1.29, 1.82) is 0 Å². The van der Waals surface area contributed by atoms with Crippen molar-refractivity contribution >= 4 is 5.97 Å². The molecule has 2 nitrogen and oxygen atoms in total. The molecule has 0 aliphatic carbocycles. The summed E-state index contributed by atoms with van der Waals surface area (Å²) in [6, 6.07) is 5.01. The lowest BCUT2D eigenvalue weighted by Crippen LogP contribution is -2.12. The summed E-state index contributed by atoms with van der Waals surface area (Å²) in [5.74, 6) is -1.34. The second-order valence-electron chi connectivity index (χ2n) is 3.58. The maximum Gasteiger partial charge on any atom is 0.336 e. The topological polar surface area (TPSA) is 26.3 Å². The third-order valence-electron chi connectivity index (χ3n) is 2.15. The van der Waals surface area contributed by atoms with E-state index >= 15 is 0 Å². The van der Waals surface area contributed by atoms with Crippen molar-refractivity contribution in [3.05, 3.63) is 47.8 Å². The Morgan fingerprint density at radius 3 is 2.82 bits per heavy atom. The largest absolute Gasteiger partial charge is 0.462 e. The Hall–Kier alpha value is -1.71. The van der Waals surface area contributed by atoms with Gasteiger partial charge in [0.1, 0.15) is 5.82 Å². The van der Waals surface area contributed by atoms with Crippen LogP contribution in [0.15, 0.2) is 36.4 Å². The predicted octanol–water partition coefficient (Wildman–Crippen LogP) is 3.35. The standard InChI is InChI=1S/C13H14F2O2/c1-3-7-17-13(16)9(2)12(15)10-5-4-6-11(14)8-10/h4-6,8,12H,2-3,7H2,1H3. The number of carbonyl (C=O) groups is 1. The minimum atomic E-state index is -1.74. The molecule has 1 unspecified atom stereocenters. The highest BCUT2D eigenvalue weighted by molar-refractivity contribution is 5.89. The molecule has 1 rings (SSSR count). The molecule has 0 saturated heterocycles. The van der Waals surface area contributed by atoms with Crippen molar-refractivity contribution in [2.75, 3.05) is 6.61 Å². The fourth-order valence-electron chi connectivity index (χ4n) is 1.26. The van der Waals surface area contributed by atoms with Crippen LogP contribution in [-0.2, 0) is 9.53 Å². The molecule has 0 aromatic heterocycles. The second kappa shape index (κ2) is 6.13. The number of benzene rings is 1. The van der Waals surface area contributed by atoms with E-state index in [9.17, 15) is 13.6 Å². The van der Waals surface area contributed by atoms with Crippen LogP contribution in [0.25, 0.3) is 0 Å². The highest BCUT2D eigenvalue weighted by atomic mass is 19.1. The Kier molecular flexibility index (Phi) is 4.82. The van der Waals surface area contributed by atoms with Crippen LogP contribution in [-0.4, -0.2) is 12.6 Å². The molecule has 1 atom stereocenters. The average molecular weight is 240 g/mol. The fourth-order valence-corrected chi connectivity index (χ4v) is 1.26. The molecule has 0 bridgehead atoms. The molecular formula is C13H14F2O2. The van der Waals surface area contributed by atoms with Gasteiger partial charge in [0.25, 0.3) is 0 Å². The normalized spacial score (nSPS) is 11.9. The van der Waals surface area contributed by atoms with Gasteiger partial charge >= 0.3 is 5.97 Å². The Balaban J connectivity index is 2.72. The molecule has 0 radical (unpaired) electrons. The molecule has 0 heterocycles. The van der Waals surface area contributed by atoms with Crippen LogP contribution in [0.1, 0.15) is 25.1 Å². The molecule has 1 aromatic rings. The van der Waals surface area contributed by atoms with E-state index in [1.165, 1.54) is 18.2 Å².